The Morgan fingerprint density at radius 1 is 0.867 bits per heavy atom. The zero-order chi connectivity index (χ0) is 21.3. The first-order valence-corrected chi connectivity index (χ1v) is 10.3. The molecule has 150 valence electrons. The van der Waals surface area contributed by atoms with Crippen molar-refractivity contribution in [1.82, 2.24) is 0 Å². The fraction of sp³-hybridized carbons (Fsp3) is 0.160. The maximum absolute atomic E-state index is 14.0. The largest absolute Gasteiger partial charge is 0.494 e. The zero-order valence-corrected chi connectivity index (χ0v) is 17.2. The third-order valence-corrected chi connectivity index (χ3v) is 5.02. The molecule has 0 unspecified atom stereocenters. The molecule has 30 heavy (non-hydrogen) atoms. The summed E-state index contributed by atoms with van der Waals surface area (Å²) in [5.74, 6) is 5.51. The van der Waals surface area contributed by atoms with Crippen LogP contribution in [-0.4, -0.2) is 6.61 Å². The summed E-state index contributed by atoms with van der Waals surface area (Å²) >= 11 is 0.474. The molecule has 3 aromatic carbocycles. The van der Waals surface area contributed by atoms with Crippen LogP contribution in [0.4, 0.5) is 8.78 Å². The van der Waals surface area contributed by atoms with Gasteiger partial charge in [-0.15, -0.1) is 0 Å². The van der Waals surface area contributed by atoms with Gasteiger partial charge in [-0.3, -0.25) is 0 Å². The predicted octanol–water partition coefficient (Wildman–Crippen LogP) is 6.78. The van der Waals surface area contributed by atoms with Crippen molar-refractivity contribution in [3.63, 3.8) is 0 Å². The molecule has 0 amide bonds. The lowest BCUT2D eigenvalue weighted by Gasteiger charge is -2.06. The number of nitrogens with zero attached hydrogens (tertiary/aromatic N) is 1. The van der Waals surface area contributed by atoms with Gasteiger partial charge < -0.3 is 4.74 Å². The van der Waals surface area contributed by atoms with Crippen LogP contribution >= 0.6 is 11.8 Å². The van der Waals surface area contributed by atoms with Gasteiger partial charge in [0.05, 0.1) is 11.5 Å². The van der Waals surface area contributed by atoms with E-state index >= 15 is 0 Å². The van der Waals surface area contributed by atoms with Gasteiger partial charge in [-0.05, 0) is 77.8 Å². The van der Waals surface area contributed by atoms with E-state index in [-0.39, 0.29) is 4.90 Å². The molecule has 0 saturated heterocycles. The Kier molecular flexibility index (Phi) is 7.49. The fourth-order valence-corrected chi connectivity index (χ4v) is 3.13. The summed E-state index contributed by atoms with van der Waals surface area (Å²) in [7, 11) is 0. The summed E-state index contributed by atoms with van der Waals surface area (Å²) in [5, 5.41) is 10.3. The van der Waals surface area contributed by atoms with Gasteiger partial charge in [-0.2, -0.15) is 5.26 Å². The number of unbranched alkanes of at least 4 members (excludes halogenated alkanes) is 1. The number of thiocyanates is 1. The molecule has 0 spiro atoms. The highest BCUT2D eigenvalue weighted by atomic mass is 32.2. The molecule has 0 saturated carbocycles. The van der Waals surface area contributed by atoms with Gasteiger partial charge in [0.15, 0.2) is 0 Å². The minimum Gasteiger partial charge on any atom is -0.494 e. The van der Waals surface area contributed by atoms with Gasteiger partial charge in [-0.1, -0.05) is 37.3 Å². The molecule has 0 heterocycles. The molecule has 0 aromatic heterocycles. The van der Waals surface area contributed by atoms with E-state index in [1.165, 1.54) is 12.1 Å². The Bertz CT molecular complexity index is 1080. The van der Waals surface area contributed by atoms with Crippen LogP contribution in [0.5, 0.6) is 5.75 Å². The highest BCUT2D eigenvalue weighted by Gasteiger charge is 2.12. The normalized spacial score (nSPS) is 10.1. The molecular weight excluding hydrogens is 400 g/mol. The minimum absolute atomic E-state index is 0.287. The van der Waals surface area contributed by atoms with Crippen molar-refractivity contribution in [3.05, 3.63) is 83.4 Å². The Morgan fingerprint density at radius 2 is 1.43 bits per heavy atom. The van der Waals surface area contributed by atoms with Crippen molar-refractivity contribution in [1.29, 1.82) is 5.26 Å². The maximum Gasteiger partial charge on any atom is 0.141 e. The molecule has 0 atom stereocenters. The topological polar surface area (TPSA) is 33.0 Å². The summed E-state index contributed by atoms with van der Waals surface area (Å²) in [4.78, 5) is -0.287. The molecule has 0 aliphatic heterocycles. The highest BCUT2D eigenvalue weighted by Crippen LogP contribution is 2.30. The predicted molar refractivity (Wildman–Crippen MR) is 116 cm³/mol. The van der Waals surface area contributed by atoms with Crippen LogP contribution in [0.2, 0.25) is 0 Å². The molecule has 2 nitrogen and oxygen atoms in total. The number of halogens is 2. The summed E-state index contributed by atoms with van der Waals surface area (Å²) in [5.41, 5.74) is 2.74. The Morgan fingerprint density at radius 3 is 1.97 bits per heavy atom. The van der Waals surface area contributed by atoms with Gasteiger partial charge in [0.2, 0.25) is 0 Å². The van der Waals surface area contributed by atoms with Gasteiger partial charge >= 0.3 is 0 Å². The monoisotopic (exact) mass is 419 g/mol. The van der Waals surface area contributed by atoms with E-state index in [1.807, 2.05) is 24.3 Å². The molecule has 0 aliphatic rings. The van der Waals surface area contributed by atoms with Crippen molar-refractivity contribution >= 4 is 11.8 Å². The second kappa shape index (κ2) is 10.5. The average Bonchev–Trinajstić information content (AvgIpc) is 2.76. The van der Waals surface area contributed by atoms with Crippen LogP contribution in [0.3, 0.4) is 0 Å². The first-order chi connectivity index (χ1) is 14.6. The molecule has 0 aliphatic carbocycles. The van der Waals surface area contributed by atoms with E-state index in [0.29, 0.717) is 29.5 Å². The highest BCUT2D eigenvalue weighted by molar-refractivity contribution is 8.03. The number of benzene rings is 3. The van der Waals surface area contributed by atoms with Crippen molar-refractivity contribution in [2.45, 2.75) is 24.7 Å². The van der Waals surface area contributed by atoms with E-state index in [1.54, 1.807) is 29.7 Å². The van der Waals surface area contributed by atoms with E-state index in [2.05, 4.69) is 18.8 Å². The second-order valence-electron chi connectivity index (χ2n) is 6.52. The first-order valence-electron chi connectivity index (χ1n) is 9.51. The van der Waals surface area contributed by atoms with Crippen molar-refractivity contribution in [2.24, 2.45) is 0 Å². The summed E-state index contributed by atoms with van der Waals surface area (Å²) in [6.07, 6.45) is 2.12. The third kappa shape index (κ3) is 5.63. The van der Waals surface area contributed by atoms with Gasteiger partial charge in [0, 0.05) is 11.1 Å². The van der Waals surface area contributed by atoms with Crippen LogP contribution < -0.4 is 4.74 Å². The molecule has 0 radical (unpaired) electrons. The van der Waals surface area contributed by atoms with Gasteiger partial charge in [0.25, 0.3) is 0 Å². The molecule has 5 heteroatoms. The molecule has 0 fully saturated rings. The molecule has 3 aromatic rings. The molecule has 0 N–H and O–H groups in total. The van der Waals surface area contributed by atoms with Crippen LogP contribution in [0.25, 0.3) is 11.1 Å². The lowest BCUT2D eigenvalue weighted by Crippen LogP contribution is -1.95. The Labute approximate surface area is 179 Å². The smallest absolute Gasteiger partial charge is 0.141 e. The lowest BCUT2D eigenvalue weighted by atomic mass is 10.0. The molecule has 0 bridgehead atoms. The lowest BCUT2D eigenvalue weighted by molar-refractivity contribution is 0.309. The first kappa shape index (κ1) is 21.4. The van der Waals surface area contributed by atoms with Crippen molar-refractivity contribution in [2.75, 3.05) is 6.61 Å². The number of ether oxygens (including phenoxy) is 1. The van der Waals surface area contributed by atoms with E-state index in [4.69, 9.17) is 10.00 Å². The van der Waals surface area contributed by atoms with Gasteiger partial charge in [0.1, 0.15) is 22.8 Å². The van der Waals surface area contributed by atoms with E-state index < -0.39 is 11.6 Å². The third-order valence-electron chi connectivity index (χ3n) is 4.34. The summed E-state index contributed by atoms with van der Waals surface area (Å²) in [6, 6.07) is 17.2. The SMILES string of the molecule is CCCCOc1ccc(C#Cc2ccc(-c3cc(F)c(SC#N)c(F)c3)cc2)cc1. The summed E-state index contributed by atoms with van der Waals surface area (Å²) < 4.78 is 33.7. The number of nitriles is 1. The quantitative estimate of drug-likeness (QED) is 0.191. The molecule has 3 rings (SSSR count). The van der Waals surface area contributed by atoms with Crippen molar-refractivity contribution < 1.29 is 13.5 Å². The standard InChI is InChI=1S/C25H19F2NOS/c1-2-3-14-29-22-12-8-19(9-13-22)5-4-18-6-10-20(11-7-18)21-15-23(26)25(30-17-28)24(27)16-21/h6-13,15-16H,2-3,14H2,1H3. The Hall–Kier alpha value is -3.28. The summed E-state index contributed by atoms with van der Waals surface area (Å²) in [6.45, 7) is 2.83. The second-order valence-corrected chi connectivity index (χ2v) is 7.31. The Balaban J connectivity index is 1.71. The molecular formula is C25H19F2NOS. The minimum atomic E-state index is -0.748. The van der Waals surface area contributed by atoms with Gasteiger partial charge in [-0.25, -0.2) is 8.78 Å². The number of hydrogen-bond acceptors (Lipinski definition) is 3. The van der Waals surface area contributed by atoms with Crippen LogP contribution in [0, 0.1) is 34.1 Å². The zero-order valence-electron chi connectivity index (χ0n) is 16.4. The number of rotatable bonds is 6. The number of thioether (sulfide) groups is 1. The number of hydrogen-bond donors (Lipinski definition) is 0. The average molecular weight is 419 g/mol. The van der Waals surface area contributed by atoms with Crippen LogP contribution in [-0.2, 0) is 0 Å². The fourth-order valence-electron chi connectivity index (χ4n) is 2.73. The maximum atomic E-state index is 14.0. The van der Waals surface area contributed by atoms with E-state index in [9.17, 15) is 8.78 Å². The van der Waals surface area contributed by atoms with Crippen LogP contribution in [0.1, 0.15) is 30.9 Å². The van der Waals surface area contributed by atoms with E-state index in [0.717, 1.165) is 29.7 Å². The van der Waals surface area contributed by atoms with Crippen molar-refractivity contribution in [3.8, 4) is 34.1 Å². The van der Waals surface area contributed by atoms with Crippen LogP contribution in [0.15, 0.2) is 65.6 Å².